The van der Waals surface area contributed by atoms with Crippen molar-refractivity contribution in [1.82, 2.24) is 4.90 Å². The molecule has 5 rings (SSSR count). The van der Waals surface area contributed by atoms with Crippen LogP contribution in [0.5, 0.6) is 0 Å². The lowest BCUT2D eigenvalue weighted by Crippen LogP contribution is -2.53. The fourth-order valence-electron chi connectivity index (χ4n) is 6.67. The van der Waals surface area contributed by atoms with Gasteiger partial charge in [0.25, 0.3) is 0 Å². The van der Waals surface area contributed by atoms with Crippen molar-refractivity contribution in [1.29, 1.82) is 0 Å². The number of urea groups is 1. The molecule has 0 radical (unpaired) electrons. The van der Waals surface area contributed by atoms with Crippen molar-refractivity contribution in [2.75, 3.05) is 29.4 Å². The predicted molar refractivity (Wildman–Crippen MR) is 149 cm³/mol. The van der Waals surface area contributed by atoms with Crippen molar-refractivity contribution < 1.29 is 28.3 Å². The Kier molecular flexibility index (Phi) is 7.35. The molecule has 40 heavy (non-hydrogen) atoms. The fraction of sp³-hybridized carbons (Fsp3) is 0.516. The van der Waals surface area contributed by atoms with E-state index in [4.69, 9.17) is 0 Å². The average molecular weight is 554 g/mol. The highest BCUT2D eigenvalue weighted by Crippen LogP contribution is 2.43. The minimum absolute atomic E-state index is 0.113. The van der Waals surface area contributed by atoms with E-state index < -0.39 is 35.7 Å². The topological polar surface area (TPSA) is 81.2 Å². The first-order valence-corrected chi connectivity index (χ1v) is 14.1. The Morgan fingerprint density at radius 2 is 1.62 bits per heavy atom. The molecule has 1 atom stereocenters. The normalized spacial score (nSPS) is 22.9. The lowest BCUT2D eigenvalue weighted by atomic mass is 9.75. The van der Waals surface area contributed by atoms with E-state index in [9.17, 15) is 28.3 Å². The largest absolute Gasteiger partial charge is 0.481 e. The number of carboxylic acids is 1. The maximum absolute atomic E-state index is 14.4. The number of likely N-dealkylation sites (tertiary alicyclic amines) is 1. The van der Waals surface area contributed by atoms with Gasteiger partial charge in [-0.05, 0) is 49.4 Å². The Bertz CT molecular complexity index is 1270. The summed E-state index contributed by atoms with van der Waals surface area (Å²) in [7, 11) is 0. The molecule has 3 aliphatic rings. The third-order valence-corrected chi connectivity index (χ3v) is 8.92. The maximum atomic E-state index is 14.4. The van der Waals surface area contributed by atoms with Crippen molar-refractivity contribution >= 4 is 29.3 Å². The van der Waals surface area contributed by atoms with Crippen LogP contribution in [0.2, 0.25) is 0 Å². The Hall–Kier alpha value is -3.49. The number of halogens is 2. The van der Waals surface area contributed by atoms with Crippen LogP contribution in [0.4, 0.5) is 25.0 Å². The van der Waals surface area contributed by atoms with E-state index in [0.717, 1.165) is 11.3 Å². The second-order valence-electron chi connectivity index (χ2n) is 12.2. The van der Waals surface area contributed by atoms with Gasteiger partial charge in [0, 0.05) is 61.7 Å². The van der Waals surface area contributed by atoms with Gasteiger partial charge in [-0.25, -0.2) is 13.6 Å². The molecule has 2 aromatic rings. The molecule has 2 aromatic carbocycles. The molecule has 2 heterocycles. The van der Waals surface area contributed by atoms with Crippen LogP contribution in [0, 0.1) is 5.41 Å². The van der Waals surface area contributed by atoms with E-state index in [1.807, 2.05) is 24.3 Å². The van der Waals surface area contributed by atoms with Gasteiger partial charge < -0.3 is 14.9 Å². The van der Waals surface area contributed by atoms with Crippen LogP contribution in [-0.4, -0.2) is 59.5 Å². The van der Waals surface area contributed by atoms with Gasteiger partial charge >= 0.3 is 12.0 Å². The number of anilines is 2. The van der Waals surface area contributed by atoms with E-state index >= 15 is 0 Å². The quantitative estimate of drug-likeness (QED) is 0.487. The molecule has 1 saturated heterocycles. The van der Waals surface area contributed by atoms with Crippen molar-refractivity contribution in [2.24, 2.45) is 5.41 Å². The first-order chi connectivity index (χ1) is 18.9. The molecule has 0 bridgehead atoms. The number of aliphatic carboxylic acids is 1. The zero-order chi connectivity index (χ0) is 28.7. The van der Waals surface area contributed by atoms with Gasteiger partial charge in [0.2, 0.25) is 11.8 Å². The Labute approximate surface area is 233 Å². The van der Waals surface area contributed by atoms with E-state index in [-0.39, 0.29) is 50.2 Å². The molecule has 2 fully saturated rings. The second kappa shape index (κ2) is 10.5. The zero-order valence-electron chi connectivity index (χ0n) is 23.1. The van der Waals surface area contributed by atoms with Crippen molar-refractivity contribution in [3.05, 3.63) is 60.2 Å². The number of fused-ring (bicyclic) bond motifs is 1. The average Bonchev–Trinajstić information content (AvgIpc) is 3.19. The summed E-state index contributed by atoms with van der Waals surface area (Å²) in [6, 6.07) is 15.6. The Morgan fingerprint density at radius 1 is 0.975 bits per heavy atom. The number of rotatable bonds is 5. The molecular formula is C31H37F2N3O4. The van der Waals surface area contributed by atoms with Crippen LogP contribution in [0.1, 0.15) is 64.4 Å². The van der Waals surface area contributed by atoms with E-state index in [1.54, 1.807) is 40.1 Å². The number of para-hydroxylation sites is 2. The number of hydrogen-bond donors (Lipinski definition) is 1. The molecule has 2 aliphatic heterocycles. The molecule has 7 nitrogen and oxygen atoms in total. The van der Waals surface area contributed by atoms with Crippen LogP contribution in [0.3, 0.4) is 0 Å². The Balaban J connectivity index is 1.33. The smallest absolute Gasteiger partial charge is 0.324 e. The summed E-state index contributed by atoms with van der Waals surface area (Å²) in [5, 5.41) is 10.3. The fourth-order valence-corrected chi connectivity index (χ4v) is 6.67. The van der Waals surface area contributed by atoms with Crippen LogP contribution in [0.25, 0.3) is 0 Å². The Morgan fingerprint density at radius 3 is 2.27 bits per heavy atom. The first kappa shape index (κ1) is 28.1. The number of carbonyl (C=O) groups is 3. The molecular weight excluding hydrogens is 516 g/mol. The standard InChI is InChI=1S/C31H37F2N3O4/c1-29(2)21-35(25-13-7-6-12-24(25)29)28(40)34-17-15-30(16-18-34,27(38)39)20-26(37)36(22-9-4-3-5-10-22)23-11-8-14-31(32,33)19-23/h3-7,9-10,12-13,23H,8,11,14-21H2,1-2H3,(H,38,39). The predicted octanol–water partition coefficient (Wildman–Crippen LogP) is 6.07. The molecule has 0 spiro atoms. The number of carboxylic acid groups (broad SMARTS) is 1. The molecule has 0 aromatic heterocycles. The second-order valence-corrected chi connectivity index (χ2v) is 12.2. The summed E-state index contributed by atoms with van der Waals surface area (Å²) in [6.07, 6.45) is 0.00879. The van der Waals surface area contributed by atoms with Gasteiger partial charge in [0.05, 0.1) is 5.41 Å². The maximum Gasteiger partial charge on any atom is 0.324 e. The number of carbonyl (C=O) groups excluding carboxylic acids is 2. The lowest BCUT2D eigenvalue weighted by molar-refractivity contribution is -0.154. The van der Waals surface area contributed by atoms with E-state index in [0.29, 0.717) is 25.1 Å². The van der Waals surface area contributed by atoms with Gasteiger partial charge in [-0.3, -0.25) is 14.5 Å². The molecule has 9 heteroatoms. The molecule has 1 unspecified atom stereocenters. The summed E-state index contributed by atoms with van der Waals surface area (Å²) in [5.41, 5.74) is 0.889. The SMILES string of the molecule is CC1(C)CN(C(=O)N2CCC(CC(=O)N(c3ccccc3)C3CCCC(F)(F)C3)(C(=O)O)CC2)c2ccccc21. The third kappa shape index (κ3) is 5.30. The van der Waals surface area contributed by atoms with Gasteiger partial charge in [-0.2, -0.15) is 0 Å². The molecule has 1 N–H and O–H groups in total. The number of benzene rings is 2. The number of nitrogens with zero attached hydrogens (tertiary/aromatic N) is 3. The summed E-state index contributed by atoms with van der Waals surface area (Å²) >= 11 is 0. The highest BCUT2D eigenvalue weighted by Gasteiger charge is 2.48. The van der Waals surface area contributed by atoms with Crippen LogP contribution < -0.4 is 9.80 Å². The van der Waals surface area contributed by atoms with Gasteiger partial charge in [-0.1, -0.05) is 50.2 Å². The van der Waals surface area contributed by atoms with Gasteiger partial charge in [-0.15, -0.1) is 0 Å². The summed E-state index contributed by atoms with van der Waals surface area (Å²) in [4.78, 5) is 44.8. The number of piperidine rings is 1. The van der Waals surface area contributed by atoms with E-state index in [2.05, 4.69) is 13.8 Å². The third-order valence-electron chi connectivity index (χ3n) is 8.92. The van der Waals surface area contributed by atoms with Crippen molar-refractivity contribution in [3.8, 4) is 0 Å². The molecule has 3 amide bonds. The van der Waals surface area contributed by atoms with Crippen LogP contribution in [0.15, 0.2) is 54.6 Å². The highest BCUT2D eigenvalue weighted by atomic mass is 19.3. The summed E-state index contributed by atoms with van der Waals surface area (Å²) in [5.74, 6) is -4.43. The molecule has 1 aliphatic carbocycles. The van der Waals surface area contributed by atoms with Crippen LogP contribution >= 0.6 is 0 Å². The van der Waals surface area contributed by atoms with Crippen molar-refractivity contribution in [2.45, 2.75) is 76.2 Å². The van der Waals surface area contributed by atoms with Gasteiger partial charge in [0.15, 0.2) is 0 Å². The monoisotopic (exact) mass is 553 g/mol. The zero-order valence-corrected chi connectivity index (χ0v) is 23.1. The first-order valence-electron chi connectivity index (χ1n) is 14.1. The highest BCUT2D eigenvalue weighted by molar-refractivity contribution is 5.98. The van der Waals surface area contributed by atoms with Gasteiger partial charge in [0.1, 0.15) is 0 Å². The molecule has 214 valence electrons. The lowest BCUT2D eigenvalue weighted by Gasteiger charge is -2.42. The minimum Gasteiger partial charge on any atom is -0.481 e. The number of hydrogen-bond acceptors (Lipinski definition) is 3. The summed E-state index contributed by atoms with van der Waals surface area (Å²) < 4.78 is 28.7. The minimum atomic E-state index is -2.87. The van der Waals surface area contributed by atoms with E-state index in [1.165, 1.54) is 4.90 Å². The van der Waals surface area contributed by atoms with Crippen LogP contribution in [-0.2, 0) is 15.0 Å². The summed E-state index contributed by atoms with van der Waals surface area (Å²) in [6.45, 7) is 5.12. The van der Waals surface area contributed by atoms with Crippen molar-refractivity contribution in [3.63, 3.8) is 0 Å². The number of alkyl halides is 2. The molecule has 1 saturated carbocycles. The number of amides is 3.